The first-order valence-corrected chi connectivity index (χ1v) is 32.2. The van der Waals surface area contributed by atoms with Crippen molar-refractivity contribution < 1.29 is 24.5 Å². The van der Waals surface area contributed by atoms with Crippen LogP contribution in [0.4, 0.5) is 0 Å². The molecular formula is C66H125NO5. The highest BCUT2D eigenvalue weighted by atomic mass is 16.5. The predicted octanol–water partition coefficient (Wildman–Crippen LogP) is 20.4. The number of ether oxygens (including phenoxy) is 1. The van der Waals surface area contributed by atoms with Crippen LogP contribution in [0, 0.1) is 0 Å². The summed E-state index contributed by atoms with van der Waals surface area (Å²) in [5, 5.41) is 23.4. The Balaban J connectivity index is 3.47. The lowest BCUT2D eigenvalue weighted by Crippen LogP contribution is -2.45. The van der Waals surface area contributed by atoms with Crippen LogP contribution in [-0.4, -0.2) is 47.4 Å². The van der Waals surface area contributed by atoms with Gasteiger partial charge in [-0.2, -0.15) is 0 Å². The van der Waals surface area contributed by atoms with Crippen LogP contribution in [-0.2, 0) is 14.3 Å². The van der Waals surface area contributed by atoms with Gasteiger partial charge in [-0.1, -0.05) is 288 Å². The molecule has 0 rings (SSSR count). The molecule has 0 spiro atoms. The molecule has 0 aliphatic heterocycles. The molecular weight excluding hydrogens is 887 g/mol. The minimum atomic E-state index is -0.677. The first kappa shape index (κ1) is 70.1. The number of carbonyl (C=O) groups excluding carboxylic acids is 2. The van der Waals surface area contributed by atoms with Crippen molar-refractivity contribution in [3.63, 3.8) is 0 Å². The van der Waals surface area contributed by atoms with Crippen molar-refractivity contribution in [1.82, 2.24) is 5.32 Å². The smallest absolute Gasteiger partial charge is 0.305 e. The van der Waals surface area contributed by atoms with E-state index in [2.05, 4.69) is 55.6 Å². The molecule has 2 atom stereocenters. The van der Waals surface area contributed by atoms with Crippen molar-refractivity contribution in [1.29, 1.82) is 0 Å². The van der Waals surface area contributed by atoms with E-state index < -0.39 is 12.1 Å². The minimum absolute atomic E-state index is 0.0234. The van der Waals surface area contributed by atoms with Crippen molar-refractivity contribution in [2.24, 2.45) is 0 Å². The number of allylic oxidation sites excluding steroid dienone is 6. The molecule has 0 saturated heterocycles. The summed E-state index contributed by atoms with van der Waals surface area (Å²) in [7, 11) is 0. The lowest BCUT2D eigenvalue weighted by atomic mass is 10.0. The fourth-order valence-corrected chi connectivity index (χ4v) is 9.96. The molecule has 6 nitrogen and oxygen atoms in total. The number of aliphatic hydroxyl groups is 2. The number of rotatable bonds is 60. The maximum absolute atomic E-state index is 12.5. The third-order valence-electron chi connectivity index (χ3n) is 14.9. The molecule has 0 aromatic rings. The molecule has 0 aliphatic rings. The first-order valence-electron chi connectivity index (χ1n) is 32.2. The fraction of sp³-hybridized carbons (Fsp3) is 0.879. The number of carbonyl (C=O) groups is 2. The Hall–Kier alpha value is -1.92. The van der Waals surface area contributed by atoms with Gasteiger partial charge in [-0.25, -0.2) is 0 Å². The van der Waals surface area contributed by atoms with Gasteiger partial charge in [0.1, 0.15) is 0 Å². The van der Waals surface area contributed by atoms with Gasteiger partial charge >= 0.3 is 5.97 Å². The van der Waals surface area contributed by atoms with Gasteiger partial charge in [0.2, 0.25) is 5.91 Å². The number of hydrogen-bond acceptors (Lipinski definition) is 5. The maximum Gasteiger partial charge on any atom is 0.305 e. The van der Waals surface area contributed by atoms with Crippen molar-refractivity contribution in [2.75, 3.05) is 13.2 Å². The SMILES string of the molecule is CCCCC/C=C\C/C=C\CCCCCCCC(=O)OCCCCCC/C=C\CCCCCCCCCC(=O)NC(CO)C(O)CCCCCCCCCCCCCCCCCCCCCCCCCCC. The average Bonchev–Trinajstić information content (AvgIpc) is 3.38. The number of nitrogens with one attached hydrogen (secondary N) is 1. The minimum Gasteiger partial charge on any atom is -0.466 e. The van der Waals surface area contributed by atoms with Gasteiger partial charge in [-0.05, 0) is 83.5 Å². The number of aliphatic hydroxyl groups excluding tert-OH is 2. The van der Waals surface area contributed by atoms with E-state index in [1.54, 1.807) is 0 Å². The summed E-state index contributed by atoms with van der Waals surface area (Å²) in [4.78, 5) is 24.6. The van der Waals surface area contributed by atoms with E-state index in [1.807, 2.05) is 0 Å². The van der Waals surface area contributed by atoms with Gasteiger partial charge in [-0.15, -0.1) is 0 Å². The van der Waals surface area contributed by atoms with Gasteiger partial charge in [0.15, 0.2) is 0 Å². The third-order valence-corrected chi connectivity index (χ3v) is 14.9. The molecule has 0 aliphatic carbocycles. The van der Waals surface area contributed by atoms with Gasteiger partial charge in [-0.3, -0.25) is 9.59 Å². The maximum atomic E-state index is 12.5. The number of amides is 1. The molecule has 0 fully saturated rings. The van der Waals surface area contributed by atoms with Gasteiger partial charge < -0.3 is 20.3 Å². The largest absolute Gasteiger partial charge is 0.466 e. The summed E-state index contributed by atoms with van der Waals surface area (Å²) in [6.45, 7) is 4.91. The summed E-state index contributed by atoms with van der Waals surface area (Å²) in [5.74, 6) is -0.0709. The summed E-state index contributed by atoms with van der Waals surface area (Å²) >= 11 is 0. The molecule has 0 saturated carbocycles. The quantitative estimate of drug-likeness (QED) is 0.0320. The van der Waals surface area contributed by atoms with Crippen LogP contribution in [0.15, 0.2) is 36.5 Å². The predicted molar refractivity (Wildman–Crippen MR) is 315 cm³/mol. The Bertz CT molecular complexity index is 1170. The van der Waals surface area contributed by atoms with Crippen LogP contribution < -0.4 is 5.32 Å². The molecule has 3 N–H and O–H groups in total. The van der Waals surface area contributed by atoms with Crippen molar-refractivity contribution in [3.05, 3.63) is 36.5 Å². The summed E-state index contributed by atoms with van der Waals surface area (Å²) in [6.07, 6.45) is 77.3. The fourth-order valence-electron chi connectivity index (χ4n) is 9.96. The molecule has 0 aromatic carbocycles. The molecule has 6 heteroatoms. The van der Waals surface area contributed by atoms with E-state index in [0.717, 1.165) is 83.5 Å². The first-order chi connectivity index (χ1) is 35.5. The topological polar surface area (TPSA) is 95.9 Å². The second-order valence-electron chi connectivity index (χ2n) is 22.1. The zero-order valence-corrected chi connectivity index (χ0v) is 48.4. The Labute approximate surface area is 449 Å². The second kappa shape index (κ2) is 61.6. The zero-order chi connectivity index (χ0) is 52.2. The van der Waals surface area contributed by atoms with Crippen molar-refractivity contribution >= 4 is 11.9 Å². The van der Waals surface area contributed by atoms with E-state index >= 15 is 0 Å². The lowest BCUT2D eigenvalue weighted by Gasteiger charge is -2.22. The average molecular weight is 1010 g/mol. The Kier molecular flexibility index (Phi) is 60.0. The molecule has 1 amide bonds. The van der Waals surface area contributed by atoms with E-state index in [1.165, 1.54) is 231 Å². The highest BCUT2D eigenvalue weighted by Crippen LogP contribution is 2.18. The highest BCUT2D eigenvalue weighted by molar-refractivity contribution is 5.76. The highest BCUT2D eigenvalue weighted by Gasteiger charge is 2.20. The standard InChI is InChI=1S/C66H125NO5/c1-3-5-7-9-11-13-15-17-19-20-21-22-23-24-25-26-27-28-31-34-38-42-46-50-54-58-64(69)63(62-68)67-65(70)59-55-51-47-43-39-35-32-29-33-37-41-45-49-53-57-61-72-66(71)60-56-52-48-44-40-36-30-18-16-14-12-10-8-6-4-2/h12,14,18,30,33,37,63-64,68-69H,3-11,13,15-17,19-29,31-32,34-36,38-62H2,1-2H3,(H,67,70)/b14-12-,30-18-,37-33-. The number of hydrogen-bond donors (Lipinski definition) is 3. The summed E-state index contributed by atoms with van der Waals surface area (Å²) in [6, 6.07) is -0.555. The Morgan fingerprint density at radius 3 is 1.10 bits per heavy atom. The lowest BCUT2D eigenvalue weighted by molar-refractivity contribution is -0.143. The van der Waals surface area contributed by atoms with Gasteiger partial charge in [0.05, 0.1) is 25.4 Å². The van der Waals surface area contributed by atoms with Crippen LogP contribution in [0.2, 0.25) is 0 Å². The van der Waals surface area contributed by atoms with Crippen LogP contribution >= 0.6 is 0 Å². The molecule has 0 radical (unpaired) electrons. The van der Waals surface area contributed by atoms with Crippen LogP contribution in [0.3, 0.4) is 0 Å². The summed E-state index contributed by atoms with van der Waals surface area (Å²) < 4.78 is 5.46. The van der Waals surface area contributed by atoms with Crippen LogP contribution in [0.5, 0.6) is 0 Å². The molecule has 0 bridgehead atoms. The summed E-state index contributed by atoms with van der Waals surface area (Å²) in [5.41, 5.74) is 0. The molecule has 2 unspecified atom stereocenters. The third kappa shape index (κ3) is 57.4. The number of esters is 1. The molecule has 72 heavy (non-hydrogen) atoms. The van der Waals surface area contributed by atoms with Gasteiger partial charge in [0.25, 0.3) is 0 Å². The van der Waals surface area contributed by atoms with Crippen LogP contribution in [0.1, 0.15) is 348 Å². The van der Waals surface area contributed by atoms with Crippen LogP contribution in [0.25, 0.3) is 0 Å². The monoisotopic (exact) mass is 1010 g/mol. The number of unbranched alkanes of at least 4 members (excludes halogenated alkanes) is 43. The van der Waals surface area contributed by atoms with E-state index in [-0.39, 0.29) is 18.5 Å². The molecule has 0 aromatic heterocycles. The normalized spacial score (nSPS) is 12.8. The zero-order valence-electron chi connectivity index (χ0n) is 48.4. The van der Waals surface area contributed by atoms with E-state index in [9.17, 15) is 19.8 Å². The van der Waals surface area contributed by atoms with E-state index in [0.29, 0.717) is 25.9 Å². The van der Waals surface area contributed by atoms with Crippen molar-refractivity contribution in [3.8, 4) is 0 Å². The molecule has 0 heterocycles. The second-order valence-corrected chi connectivity index (χ2v) is 22.1. The Morgan fingerprint density at radius 2 is 0.694 bits per heavy atom. The molecule has 424 valence electrons. The van der Waals surface area contributed by atoms with E-state index in [4.69, 9.17) is 4.74 Å². The Morgan fingerprint density at radius 1 is 0.389 bits per heavy atom. The van der Waals surface area contributed by atoms with Gasteiger partial charge in [0, 0.05) is 12.8 Å². The van der Waals surface area contributed by atoms with Crippen molar-refractivity contribution in [2.45, 2.75) is 360 Å².